The zero-order valence-electron chi connectivity index (χ0n) is 11.6. The molecule has 2 heterocycles. The van der Waals surface area contributed by atoms with Gasteiger partial charge in [-0.1, -0.05) is 6.07 Å². The Labute approximate surface area is 118 Å². The van der Waals surface area contributed by atoms with E-state index in [0.29, 0.717) is 13.2 Å². The Balaban J connectivity index is 1.60. The molecule has 0 amide bonds. The highest BCUT2D eigenvalue weighted by atomic mass is 16.6. The molecule has 4 heteroatoms. The fourth-order valence-corrected chi connectivity index (χ4v) is 2.22. The number of nitrogens with zero attached hydrogens (tertiary/aromatic N) is 1. The van der Waals surface area contributed by atoms with Crippen molar-refractivity contribution in [3.05, 3.63) is 53.3 Å². The van der Waals surface area contributed by atoms with Crippen molar-refractivity contribution in [2.75, 3.05) is 13.2 Å². The molecule has 0 spiro atoms. The summed E-state index contributed by atoms with van der Waals surface area (Å²) in [6.07, 6.45) is 3.73. The van der Waals surface area contributed by atoms with Crippen molar-refractivity contribution < 1.29 is 9.47 Å². The summed E-state index contributed by atoms with van der Waals surface area (Å²) in [7, 11) is 0. The number of pyridine rings is 1. The number of hydrogen-bond acceptors (Lipinski definition) is 4. The second-order valence-electron chi connectivity index (χ2n) is 4.88. The van der Waals surface area contributed by atoms with E-state index in [1.54, 1.807) is 0 Å². The molecule has 1 aromatic heterocycles. The summed E-state index contributed by atoms with van der Waals surface area (Å²) < 4.78 is 11.1. The predicted octanol–water partition coefficient (Wildman–Crippen LogP) is 2.45. The van der Waals surface area contributed by atoms with Gasteiger partial charge in [0.25, 0.3) is 0 Å². The highest BCUT2D eigenvalue weighted by Crippen LogP contribution is 2.30. The average Bonchev–Trinajstić information content (AvgIpc) is 2.49. The molecule has 3 rings (SSSR count). The van der Waals surface area contributed by atoms with Crippen LogP contribution in [0.4, 0.5) is 0 Å². The van der Waals surface area contributed by atoms with Gasteiger partial charge in [-0.2, -0.15) is 0 Å². The van der Waals surface area contributed by atoms with Gasteiger partial charge in [0.1, 0.15) is 13.2 Å². The Morgan fingerprint density at radius 3 is 2.80 bits per heavy atom. The van der Waals surface area contributed by atoms with Crippen LogP contribution in [-0.2, 0) is 13.1 Å². The Morgan fingerprint density at radius 1 is 1.10 bits per heavy atom. The molecule has 0 saturated carbocycles. The first kappa shape index (κ1) is 12.9. The lowest BCUT2D eigenvalue weighted by Gasteiger charge is -2.19. The van der Waals surface area contributed by atoms with Crippen LogP contribution in [0.15, 0.2) is 36.7 Å². The van der Waals surface area contributed by atoms with Gasteiger partial charge < -0.3 is 14.8 Å². The van der Waals surface area contributed by atoms with Crippen LogP contribution in [0, 0.1) is 6.92 Å². The molecular weight excluding hydrogens is 252 g/mol. The summed E-state index contributed by atoms with van der Waals surface area (Å²) in [6, 6.07) is 8.11. The van der Waals surface area contributed by atoms with E-state index in [1.807, 2.05) is 30.6 Å². The predicted molar refractivity (Wildman–Crippen MR) is 76.9 cm³/mol. The van der Waals surface area contributed by atoms with Crippen LogP contribution in [0.1, 0.15) is 16.7 Å². The van der Waals surface area contributed by atoms with Crippen molar-refractivity contribution in [1.82, 2.24) is 10.3 Å². The monoisotopic (exact) mass is 270 g/mol. The molecule has 104 valence electrons. The zero-order valence-corrected chi connectivity index (χ0v) is 11.6. The van der Waals surface area contributed by atoms with Crippen LogP contribution < -0.4 is 14.8 Å². The van der Waals surface area contributed by atoms with Crippen molar-refractivity contribution in [2.24, 2.45) is 0 Å². The normalized spacial score (nSPS) is 13.2. The van der Waals surface area contributed by atoms with Gasteiger partial charge >= 0.3 is 0 Å². The van der Waals surface area contributed by atoms with E-state index < -0.39 is 0 Å². The van der Waals surface area contributed by atoms with Crippen LogP contribution in [0.5, 0.6) is 11.5 Å². The van der Waals surface area contributed by atoms with Crippen molar-refractivity contribution in [3.63, 3.8) is 0 Å². The van der Waals surface area contributed by atoms with Crippen molar-refractivity contribution in [3.8, 4) is 11.5 Å². The van der Waals surface area contributed by atoms with Gasteiger partial charge in [0, 0.05) is 25.5 Å². The van der Waals surface area contributed by atoms with E-state index in [4.69, 9.17) is 9.47 Å². The Kier molecular flexibility index (Phi) is 3.83. The molecule has 0 radical (unpaired) electrons. The summed E-state index contributed by atoms with van der Waals surface area (Å²) in [4.78, 5) is 4.15. The van der Waals surface area contributed by atoms with Crippen LogP contribution in [0.25, 0.3) is 0 Å². The third-order valence-corrected chi connectivity index (χ3v) is 3.40. The van der Waals surface area contributed by atoms with E-state index in [9.17, 15) is 0 Å². The molecule has 1 aromatic carbocycles. The van der Waals surface area contributed by atoms with Gasteiger partial charge in [-0.15, -0.1) is 0 Å². The number of nitrogens with one attached hydrogen (secondary N) is 1. The van der Waals surface area contributed by atoms with E-state index in [-0.39, 0.29) is 0 Å². The van der Waals surface area contributed by atoms with Crippen molar-refractivity contribution >= 4 is 0 Å². The lowest BCUT2D eigenvalue weighted by atomic mass is 10.1. The highest BCUT2D eigenvalue weighted by molar-refractivity contribution is 5.43. The van der Waals surface area contributed by atoms with E-state index in [2.05, 4.69) is 23.3 Å². The van der Waals surface area contributed by atoms with Gasteiger partial charge in [-0.25, -0.2) is 0 Å². The highest BCUT2D eigenvalue weighted by Gasteiger charge is 2.11. The molecule has 0 bridgehead atoms. The lowest BCUT2D eigenvalue weighted by molar-refractivity contribution is 0.171. The third kappa shape index (κ3) is 2.91. The van der Waals surface area contributed by atoms with Gasteiger partial charge in [-0.3, -0.25) is 4.98 Å². The summed E-state index contributed by atoms with van der Waals surface area (Å²) in [6.45, 7) is 4.96. The first-order chi connectivity index (χ1) is 9.83. The molecule has 2 aromatic rings. The smallest absolute Gasteiger partial charge is 0.161 e. The number of aromatic nitrogens is 1. The number of fused-ring (bicyclic) bond motifs is 1. The maximum absolute atomic E-state index is 5.59. The quantitative estimate of drug-likeness (QED) is 0.926. The Hall–Kier alpha value is -2.07. The maximum Gasteiger partial charge on any atom is 0.161 e. The third-order valence-electron chi connectivity index (χ3n) is 3.40. The van der Waals surface area contributed by atoms with E-state index in [0.717, 1.165) is 24.6 Å². The molecule has 1 aliphatic heterocycles. The molecule has 0 aliphatic carbocycles. The Morgan fingerprint density at radius 2 is 1.95 bits per heavy atom. The van der Waals surface area contributed by atoms with E-state index in [1.165, 1.54) is 16.7 Å². The minimum Gasteiger partial charge on any atom is -0.486 e. The number of ether oxygens (including phenoxy) is 2. The summed E-state index contributed by atoms with van der Waals surface area (Å²) in [5.74, 6) is 1.68. The Bertz CT molecular complexity index is 599. The van der Waals surface area contributed by atoms with Crippen LogP contribution in [0.3, 0.4) is 0 Å². The average molecular weight is 270 g/mol. The molecular formula is C16H18N2O2. The first-order valence-electron chi connectivity index (χ1n) is 6.81. The SMILES string of the molecule is Cc1ccncc1CNCc1ccc2c(c1)OCCO2. The molecule has 0 atom stereocenters. The second-order valence-corrected chi connectivity index (χ2v) is 4.88. The molecule has 0 unspecified atom stereocenters. The molecule has 1 aliphatic rings. The van der Waals surface area contributed by atoms with Gasteiger partial charge in [0.05, 0.1) is 0 Å². The number of aryl methyl sites for hydroxylation is 1. The summed E-state index contributed by atoms with van der Waals surface area (Å²) in [5.41, 5.74) is 3.68. The van der Waals surface area contributed by atoms with Crippen LogP contribution >= 0.6 is 0 Å². The topological polar surface area (TPSA) is 43.4 Å². The number of hydrogen-bond donors (Lipinski definition) is 1. The van der Waals surface area contributed by atoms with Crippen molar-refractivity contribution in [2.45, 2.75) is 20.0 Å². The second kappa shape index (κ2) is 5.92. The molecule has 1 N–H and O–H groups in total. The fraction of sp³-hybridized carbons (Fsp3) is 0.312. The zero-order chi connectivity index (χ0) is 13.8. The van der Waals surface area contributed by atoms with Gasteiger partial charge in [0.15, 0.2) is 11.5 Å². The molecule has 20 heavy (non-hydrogen) atoms. The van der Waals surface area contributed by atoms with Gasteiger partial charge in [0.2, 0.25) is 0 Å². The first-order valence-corrected chi connectivity index (χ1v) is 6.81. The van der Waals surface area contributed by atoms with Crippen LogP contribution in [-0.4, -0.2) is 18.2 Å². The summed E-state index contributed by atoms with van der Waals surface area (Å²) in [5, 5.41) is 3.43. The lowest BCUT2D eigenvalue weighted by Crippen LogP contribution is -2.17. The number of benzene rings is 1. The standard InChI is InChI=1S/C16H18N2O2/c1-12-4-5-17-10-14(12)11-18-9-13-2-3-15-16(8-13)20-7-6-19-15/h2-5,8,10,18H,6-7,9,11H2,1H3. The summed E-state index contributed by atoms with van der Waals surface area (Å²) >= 11 is 0. The minimum atomic E-state index is 0.624. The maximum atomic E-state index is 5.59. The number of rotatable bonds is 4. The molecule has 0 saturated heterocycles. The fourth-order valence-electron chi connectivity index (χ4n) is 2.22. The molecule has 0 fully saturated rings. The van der Waals surface area contributed by atoms with Gasteiger partial charge in [-0.05, 0) is 41.8 Å². The van der Waals surface area contributed by atoms with E-state index >= 15 is 0 Å². The van der Waals surface area contributed by atoms with Crippen LogP contribution in [0.2, 0.25) is 0 Å². The minimum absolute atomic E-state index is 0.624. The molecule has 4 nitrogen and oxygen atoms in total. The largest absolute Gasteiger partial charge is 0.486 e. The van der Waals surface area contributed by atoms with Crippen molar-refractivity contribution in [1.29, 1.82) is 0 Å².